The van der Waals surface area contributed by atoms with Gasteiger partial charge in [0.2, 0.25) is 0 Å². The SMILES string of the molecule is O=C(O)C[C@H]1CCN(C(=O)c2cccc(COc3ccc(-c4ccn[nH]4)nc3)c2)C1. The number of carboxylic acids is 1. The van der Waals surface area contributed by atoms with Crippen LogP contribution < -0.4 is 4.74 Å². The van der Waals surface area contributed by atoms with E-state index in [9.17, 15) is 9.59 Å². The van der Waals surface area contributed by atoms with Crippen molar-refractivity contribution in [2.75, 3.05) is 13.1 Å². The summed E-state index contributed by atoms with van der Waals surface area (Å²) in [6.45, 7) is 1.39. The fraction of sp³-hybridized carbons (Fsp3) is 0.273. The highest BCUT2D eigenvalue weighted by Gasteiger charge is 2.28. The van der Waals surface area contributed by atoms with Gasteiger partial charge >= 0.3 is 5.97 Å². The quantitative estimate of drug-likeness (QED) is 0.624. The van der Waals surface area contributed by atoms with Crippen LogP contribution in [0.3, 0.4) is 0 Å². The molecule has 2 aromatic heterocycles. The average Bonchev–Trinajstić information content (AvgIpc) is 3.44. The van der Waals surface area contributed by atoms with Crippen LogP contribution in [0, 0.1) is 5.92 Å². The molecule has 3 aromatic rings. The maximum Gasteiger partial charge on any atom is 0.303 e. The number of hydrogen-bond acceptors (Lipinski definition) is 5. The highest BCUT2D eigenvalue weighted by molar-refractivity contribution is 5.94. The fourth-order valence-corrected chi connectivity index (χ4v) is 3.60. The van der Waals surface area contributed by atoms with Gasteiger partial charge in [-0.15, -0.1) is 0 Å². The zero-order chi connectivity index (χ0) is 20.9. The lowest BCUT2D eigenvalue weighted by atomic mass is 10.1. The Morgan fingerprint density at radius 2 is 2.13 bits per heavy atom. The third-order valence-electron chi connectivity index (χ3n) is 5.13. The maximum atomic E-state index is 12.8. The van der Waals surface area contributed by atoms with Crippen LogP contribution in [0.2, 0.25) is 0 Å². The molecule has 0 bridgehead atoms. The van der Waals surface area contributed by atoms with Crippen molar-refractivity contribution in [2.45, 2.75) is 19.4 Å². The number of carbonyl (C=O) groups is 2. The fourth-order valence-electron chi connectivity index (χ4n) is 3.60. The first kappa shape index (κ1) is 19.6. The van der Waals surface area contributed by atoms with Gasteiger partial charge in [0, 0.05) is 31.3 Å². The minimum Gasteiger partial charge on any atom is -0.487 e. The predicted octanol–water partition coefficient (Wildman–Crippen LogP) is 2.99. The van der Waals surface area contributed by atoms with Crippen LogP contribution in [0.5, 0.6) is 5.75 Å². The Labute approximate surface area is 173 Å². The number of aliphatic carboxylic acids is 1. The van der Waals surface area contributed by atoms with Gasteiger partial charge in [0.1, 0.15) is 12.4 Å². The molecular weight excluding hydrogens is 384 g/mol. The lowest BCUT2D eigenvalue weighted by molar-refractivity contribution is -0.138. The zero-order valence-corrected chi connectivity index (χ0v) is 16.3. The van der Waals surface area contributed by atoms with Crippen molar-refractivity contribution >= 4 is 11.9 Å². The van der Waals surface area contributed by atoms with E-state index >= 15 is 0 Å². The Kier molecular flexibility index (Phi) is 5.74. The van der Waals surface area contributed by atoms with Gasteiger partial charge in [-0.05, 0) is 48.2 Å². The molecular formula is C22H22N4O4. The van der Waals surface area contributed by atoms with Crippen LogP contribution in [-0.2, 0) is 11.4 Å². The number of H-pyrrole nitrogens is 1. The number of pyridine rings is 1. The summed E-state index contributed by atoms with van der Waals surface area (Å²) in [7, 11) is 0. The summed E-state index contributed by atoms with van der Waals surface area (Å²) in [6.07, 6.45) is 4.15. The van der Waals surface area contributed by atoms with Gasteiger partial charge in [0.05, 0.1) is 17.6 Å². The molecule has 1 atom stereocenters. The first-order valence-corrected chi connectivity index (χ1v) is 9.77. The second-order valence-corrected chi connectivity index (χ2v) is 7.34. The second kappa shape index (κ2) is 8.77. The molecule has 8 nitrogen and oxygen atoms in total. The molecule has 4 rings (SSSR count). The molecule has 1 saturated heterocycles. The van der Waals surface area contributed by atoms with Crippen LogP contribution in [-0.4, -0.2) is 50.2 Å². The number of nitrogens with one attached hydrogen (secondary N) is 1. The molecule has 154 valence electrons. The first-order valence-electron chi connectivity index (χ1n) is 9.77. The Bertz CT molecular complexity index is 1020. The van der Waals surface area contributed by atoms with Crippen molar-refractivity contribution in [1.29, 1.82) is 0 Å². The number of likely N-dealkylation sites (tertiary alicyclic amines) is 1. The lowest BCUT2D eigenvalue weighted by Crippen LogP contribution is -2.29. The molecule has 3 heterocycles. The number of rotatable bonds is 7. The standard InChI is InChI=1S/C22H22N4O4/c27-21(28)11-15-7-9-26(13-15)22(29)17-3-1-2-16(10-17)14-30-18-4-5-19(23-12-18)20-6-8-24-25-20/h1-6,8,10,12,15H,7,9,11,13-14H2,(H,24,25)(H,27,28)/t15-/m1/s1. The van der Waals surface area contributed by atoms with Gasteiger partial charge in [-0.25, -0.2) is 0 Å². The number of aromatic nitrogens is 3. The Balaban J connectivity index is 1.35. The van der Waals surface area contributed by atoms with Crippen molar-refractivity contribution < 1.29 is 19.4 Å². The lowest BCUT2D eigenvalue weighted by Gasteiger charge is -2.17. The number of hydrogen-bond donors (Lipinski definition) is 2. The summed E-state index contributed by atoms with van der Waals surface area (Å²) in [5.74, 6) is -0.239. The number of amides is 1. The molecule has 0 saturated carbocycles. The topological polar surface area (TPSA) is 108 Å². The van der Waals surface area contributed by atoms with Gasteiger partial charge in [-0.1, -0.05) is 12.1 Å². The van der Waals surface area contributed by atoms with Crippen molar-refractivity contribution in [2.24, 2.45) is 5.92 Å². The third-order valence-corrected chi connectivity index (χ3v) is 5.13. The van der Waals surface area contributed by atoms with E-state index in [-0.39, 0.29) is 18.2 Å². The van der Waals surface area contributed by atoms with Gasteiger partial charge in [0.15, 0.2) is 0 Å². The van der Waals surface area contributed by atoms with Crippen molar-refractivity contribution in [3.63, 3.8) is 0 Å². The molecule has 30 heavy (non-hydrogen) atoms. The molecule has 1 aliphatic rings. The summed E-state index contributed by atoms with van der Waals surface area (Å²) in [6, 6.07) is 12.9. The molecule has 1 amide bonds. The van der Waals surface area contributed by atoms with E-state index in [2.05, 4.69) is 15.2 Å². The first-order chi connectivity index (χ1) is 14.6. The van der Waals surface area contributed by atoms with E-state index in [1.807, 2.05) is 36.4 Å². The second-order valence-electron chi connectivity index (χ2n) is 7.34. The number of aromatic amines is 1. The van der Waals surface area contributed by atoms with E-state index in [1.54, 1.807) is 23.4 Å². The van der Waals surface area contributed by atoms with E-state index in [0.29, 0.717) is 31.0 Å². The summed E-state index contributed by atoms with van der Waals surface area (Å²) < 4.78 is 5.81. The van der Waals surface area contributed by atoms with Crippen molar-refractivity contribution in [1.82, 2.24) is 20.1 Å². The Hall–Kier alpha value is -3.68. The van der Waals surface area contributed by atoms with Crippen LogP contribution in [0.4, 0.5) is 0 Å². The number of carboxylic acid groups (broad SMARTS) is 1. The minimum absolute atomic E-state index is 0.0233. The molecule has 0 radical (unpaired) electrons. The largest absolute Gasteiger partial charge is 0.487 e. The molecule has 1 aromatic carbocycles. The van der Waals surface area contributed by atoms with Crippen LogP contribution in [0.15, 0.2) is 54.9 Å². The average molecular weight is 406 g/mol. The molecule has 1 aliphatic heterocycles. The summed E-state index contributed by atoms with van der Waals surface area (Å²) >= 11 is 0. The van der Waals surface area contributed by atoms with E-state index in [1.165, 1.54) is 0 Å². The number of ether oxygens (including phenoxy) is 1. The summed E-state index contributed by atoms with van der Waals surface area (Å²) in [4.78, 5) is 29.7. The van der Waals surface area contributed by atoms with E-state index in [0.717, 1.165) is 23.4 Å². The summed E-state index contributed by atoms with van der Waals surface area (Å²) in [5, 5.41) is 15.7. The molecule has 0 unspecified atom stereocenters. The monoisotopic (exact) mass is 406 g/mol. The highest BCUT2D eigenvalue weighted by Crippen LogP contribution is 2.22. The molecule has 2 N–H and O–H groups in total. The maximum absolute atomic E-state index is 12.8. The molecule has 8 heteroatoms. The number of carbonyl (C=O) groups excluding carboxylic acids is 1. The smallest absolute Gasteiger partial charge is 0.303 e. The van der Waals surface area contributed by atoms with Crippen LogP contribution in [0.1, 0.15) is 28.8 Å². The summed E-state index contributed by atoms with van der Waals surface area (Å²) in [5.41, 5.74) is 3.07. The third kappa shape index (κ3) is 4.65. The highest BCUT2D eigenvalue weighted by atomic mass is 16.5. The van der Waals surface area contributed by atoms with E-state index < -0.39 is 5.97 Å². The molecule has 1 fully saturated rings. The van der Waals surface area contributed by atoms with Gasteiger partial charge in [-0.2, -0.15) is 5.10 Å². The van der Waals surface area contributed by atoms with Crippen molar-refractivity contribution in [3.8, 4) is 17.1 Å². The minimum atomic E-state index is -0.819. The molecule has 0 aliphatic carbocycles. The number of nitrogens with zero attached hydrogens (tertiary/aromatic N) is 3. The number of benzene rings is 1. The van der Waals surface area contributed by atoms with Crippen molar-refractivity contribution in [3.05, 3.63) is 66.0 Å². The zero-order valence-electron chi connectivity index (χ0n) is 16.3. The Morgan fingerprint density at radius 3 is 2.87 bits per heavy atom. The van der Waals surface area contributed by atoms with Gasteiger partial charge in [-0.3, -0.25) is 19.7 Å². The Morgan fingerprint density at radius 1 is 1.23 bits per heavy atom. The van der Waals surface area contributed by atoms with Crippen LogP contribution >= 0.6 is 0 Å². The normalized spacial score (nSPS) is 15.9. The van der Waals surface area contributed by atoms with Crippen LogP contribution in [0.25, 0.3) is 11.4 Å². The van der Waals surface area contributed by atoms with Gasteiger partial charge < -0.3 is 14.7 Å². The van der Waals surface area contributed by atoms with Gasteiger partial charge in [0.25, 0.3) is 5.91 Å². The molecule has 0 spiro atoms. The van der Waals surface area contributed by atoms with E-state index in [4.69, 9.17) is 9.84 Å². The predicted molar refractivity (Wildman–Crippen MR) is 109 cm³/mol.